The SMILES string of the molecule is FC(Oc1cc(Cl)c(OCCCOc2ncc(C(F)(F)F)cc2Br)c(Cl)c1)C(F)(F)F. The fraction of sp³-hybridized carbons (Fsp3) is 0.353. The summed E-state index contributed by atoms with van der Waals surface area (Å²) in [4.78, 5) is 3.58. The van der Waals surface area contributed by atoms with E-state index in [1.54, 1.807) is 0 Å². The van der Waals surface area contributed by atoms with E-state index in [1.165, 1.54) is 0 Å². The van der Waals surface area contributed by atoms with Crippen molar-refractivity contribution < 1.29 is 44.9 Å². The van der Waals surface area contributed by atoms with Crippen LogP contribution in [0.4, 0.5) is 30.7 Å². The standard InChI is InChI=1S/C17H11BrCl2F7NO3/c18-10-4-8(16(22,23)24)7-28-14(10)30-3-1-2-29-13-11(19)5-9(6-12(13)20)31-15(21)17(25,26)27/h4-7,15H,1-3H2. The number of nitrogens with zero attached hydrogens (tertiary/aromatic N) is 1. The number of alkyl halides is 7. The van der Waals surface area contributed by atoms with Crippen LogP contribution in [-0.4, -0.2) is 30.7 Å². The molecule has 0 aliphatic carbocycles. The predicted molar refractivity (Wildman–Crippen MR) is 101 cm³/mol. The van der Waals surface area contributed by atoms with Gasteiger partial charge >= 0.3 is 18.7 Å². The summed E-state index contributed by atoms with van der Waals surface area (Å²) >= 11 is 14.7. The van der Waals surface area contributed by atoms with E-state index in [-0.39, 0.29) is 45.8 Å². The second-order valence-corrected chi connectivity index (χ2v) is 7.42. The topological polar surface area (TPSA) is 40.6 Å². The molecule has 14 heteroatoms. The van der Waals surface area contributed by atoms with Crippen LogP contribution in [0.15, 0.2) is 28.9 Å². The summed E-state index contributed by atoms with van der Waals surface area (Å²) in [6.45, 7) is -0.0192. The molecular weight excluding hydrogens is 550 g/mol. The number of ether oxygens (including phenoxy) is 3. The summed E-state index contributed by atoms with van der Waals surface area (Å²) in [5.74, 6) is -0.684. The molecule has 1 unspecified atom stereocenters. The maximum Gasteiger partial charge on any atom is 0.457 e. The van der Waals surface area contributed by atoms with Gasteiger partial charge in [-0.05, 0) is 22.0 Å². The molecule has 2 aromatic rings. The molecule has 0 radical (unpaired) electrons. The van der Waals surface area contributed by atoms with E-state index >= 15 is 0 Å². The molecule has 1 aromatic carbocycles. The van der Waals surface area contributed by atoms with Gasteiger partial charge in [0, 0.05) is 24.8 Å². The first-order chi connectivity index (χ1) is 14.3. The summed E-state index contributed by atoms with van der Waals surface area (Å²) in [7, 11) is 0. The molecule has 2 rings (SSSR count). The molecular formula is C17H11BrCl2F7NO3. The molecule has 0 saturated carbocycles. The number of rotatable bonds is 8. The van der Waals surface area contributed by atoms with E-state index in [4.69, 9.17) is 32.7 Å². The van der Waals surface area contributed by atoms with Crippen LogP contribution in [0.2, 0.25) is 10.0 Å². The van der Waals surface area contributed by atoms with Crippen molar-refractivity contribution in [3.63, 3.8) is 0 Å². The highest BCUT2D eigenvalue weighted by atomic mass is 79.9. The maximum absolute atomic E-state index is 13.0. The molecule has 0 aliphatic rings. The number of pyridine rings is 1. The van der Waals surface area contributed by atoms with E-state index in [0.717, 1.165) is 18.2 Å². The smallest absolute Gasteiger partial charge is 0.457 e. The lowest BCUT2D eigenvalue weighted by molar-refractivity contribution is -0.236. The Bertz CT molecular complexity index is 889. The third-order valence-electron chi connectivity index (χ3n) is 3.38. The highest BCUT2D eigenvalue weighted by Crippen LogP contribution is 2.38. The molecule has 0 aliphatic heterocycles. The first kappa shape index (κ1) is 25.6. The fourth-order valence-electron chi connectivity index (χ4n) is 2.02. The lowest BCUT2D eigenvalue weighted by Crippen LogP contribution is -2.29. The lowest BCUT2D eigenvalue weighted by atomic mass is 10.3. The number of hydrogen-bond donors (Lipinski definition) is 0. The van der Waals surface area contributed by atoms with Crippen molar-refractivity contribution in [3.05, 3.63) is 44.5 Å². The quantitative estimate of drug-likeness (QED) is 0.252. The van der Waals surface area contributed by atoms with Gasteiger partial charge in [0.25, 0.3) is 0 Å². The van der Waals surface area contributed by atoms with Crippen LogP contribution < -0.4 is 14.2 Å². The van der Waals surface area contributed by atoms with Crippen molar-refractivity contribution in [2.45, 2.75) is 25.1 Å². The third kappa shape index (κ3) is 7.46. The number of halogens is 10. The van der Waals surface area contributed by atoms with Crippen LogP contribution in [-0.2, 0) is 6.18 Å². The minimum absolute atomic E-state index is 0.00249. The molecule has 1 atom stereocenters. The van der Waals surface area contributed by atoms with Crippen molar-refractivity contribution in [3.8, 4) is 17.4 Å². The van der Waals surface area contributed by atoms with Crippen LogP contribution in [0, 0.1) is 0 Å². The molecule has 0 bridgehead atoms. The number of aromatic nitrogens is 1. The normalized spacial score (nSPS) is 13.1. The van der Waals surface area contributed by atoms with E-state index < -0.39 is 30.0 Å². The van der Waals surface area contributed by atoms with Gasteiger partial charge in [-0.2, -0.15) is 30.7 Å². The van der Waals surface area contributed by atoms with Crippen molar-refractivity contribution >= 4 is 39.1 Å². The van der Waals surface area contributed by atoms with E-state index in [0.29, 0.717) is 6.20 Å². The molecule has 1 aromatic heterocycles. The largest absolute Gasteiger partial charge is 0.490 e. The number of benzene rings is 1. The average molecular weight is 561 g/mol. The average Bonchev–Trinajstić information content (AvgIpc) is 2.62. The van der Waals surface area contributed by atoms with Gasteiger partial charge in [0.1, 0.15) is 5.75 Å². The second-order valence-electron chi connectivity index (χ2n) is 5.75. The zero-order valence-electron chi connectivity index (χ0n) is 15.0. The van der Waals surface area contributed by atoms with Crippen LogP contribution in [0.3, 0.4) is 0 Å². The van der Waals surface area contributed by atoms with Gasteiger partial charge in [0.2, 0.25) is 5.88 Å². The minimum Gasteiger partial charge on any atom is -0.490 e. The monoisotopic (exact) mass is 559 g/mol. The summed E-state index contributed by atoms with van der Waals surface area (Å²) in [6, 6.07) is 2.63. The molecule has 0 fully saturated rings. The Morgan fingerprint density at radius 2 is 1.55 bits per heavy atom. The Labute approximate surface area is 189 Å². The highest BCUT2D eigenvalue weighted by Gasteiger charge is 2.42. The highest BCUT2D eigenvalue weighted by molar-refractivity contribution is 9.10. The third-order valence-corrected chi connectivity index (χ3v) is 4.51. The van der Waals surface area contributed by atoms with Crippen molar-refractivity contribution in [1.29, 1.82) is 0 Å². The van der Waals surface area contributed by atoms with E-state index in [9.17, 15) is 30.7 Å². The van der Waals surface area contributed by atoms with Crippen molar-refractivity contribution in [1.82, 2.24) is 4.98 Å². The Morgan fingerprint density at radius 1 is 0.968 bits per heavy atom. The van der Waals surface area contributed by atoms with Crippen LogP contribution in [0.5, 0.6) is 17.4 Å². The Morgan fingerprint density at radius 3 is 2.06 bits per heavy atom. The van der Waals surface area contributed by atoms with Crippen molar-refractivity contribution in [2.24, 2.45) is 0 Å². The molecule has 4 nitrogen and oxygen atoms in total. The van der Waals surface area contributed by atoms with Gasteiger partial charge in [-0.3, -0.25) is 0 Å². The molecule has 0 spiro atoms. The zero-order valence-corrected chi connectivity index (χ0v) is 18.1. The first-order valence-electron chi connectivity index (χ1n) is 8.14. The molecule has 0 amide bonds. The maximum atomic E-state index is 13.0. The fourth-order valence-corrected chi connectivity index (χ4v) is 3.06. The first-order valence-corrected chi connectivity index (χ1v) is 9.68. The molecule has 1 heterocycles. The Kier molecular flexibility index (Phi) is 8.51. The Balaban J connectivity index is 1.87. The molecule has 0 N–H and O–H groups in total. The van der Waals surface area contributed by atoms with Gasteiger partial charge in [-0.25, -0.2) is 4.98 Å². The van der Waals surface area contributed by atoms with Crippen LogP contribution in [0.25, 0.3) is 0 Å². The summed E-state index contributed by atoms with van der Waals surface area (Å²) in [6.07, 6.45) is -12.5. The molecule has 172 valence electrons. The lowest BCUT2D eigenvalue weighted by Gasteiger charge is -2.16. The number of hydrogen-bond acceptors (Lipinski definition) is 4. The van der Waals surface area contributed by atoms with E-state index in [2.05, 4.69) is 25.7 Å². The van der Waals surface area contributed by atoms with Gasteiger partial charge in [0.05, 0.1) is 33.3 Å². The van der Waals surface area contributed by atoms with Crippen LogP contribution >= 0.6 is 39.1 Å². The second kappa shape index (κ2) is 10.3. The Hall–Kier alpha value is -1.66. The summed E-state index contributed by atoms with van der Waals surface area (Å²) in [5, 5.41) is -0.435. The minimum atomic E-state index is -5.22. The van der Waals surface area contributed by atoms with Gasteiger partial charge in [0.15, 0.2) is 5.75 Å². The molecule has 31 heavy (non-hydrogen) atoms. The van der Waals surface area contributed by atoms with Gasteiger partial charge < -0.3 is 14.2 Å². The van der Waals surface area contributed by atoms with Gasteiger partial charge in [-0.15, -0.1) is 0 Å². The van der Waals surface area contributed by atoms with Crippen molar-refractivity contribution in [2.75, 3.05) is 13.2 Å². The van der Waals surface area contributed by atoms with Gasteiger partial charge in [-0.1, -0.05) is 23.2 Å². The predicted octanol–water partition coefficient (Wildman–Crippen LogP) is 7.25. The summed E-state index contributed by atoms with van der Waals surface area (Å²) in [5.41, 5.74) is -0.943. The zero-order chi connectivity index (χ0) is 23.4. The van der Waals surface area contributed by atoms with E-state index in [1.807, 2.05) is 0 Å². The summed E-state index contributed by atoms with van der Waals surface area (Å²) < 4.78 is 102. The van der Waals surface area contributed by atoms with Crippen LogP contribution in [0.1, 0.15) is 12.0 Å². The molecule has 0 saturated heterocycles.